The van der Waals surface area contributed by atoms with Gasteiger partial charge in [0.1, 0.15) is 0 Å². The first-order chi connectivity index (χ1) is 11.5. The summed E-state index contributed by atoms with van der Waals surface area (Å²) in [5, 5.41) is 12.4. The van der Waals surface area contributed by atoms with Crippen LogP contribution in [0.3, 0.4) is 0 Å². The Labute approximate surface area is 140 Å². The van der Waals surface area contributed by atoms with Crippen LogP contribution in [0.1, 0.15) is 18.4 Å². The predicted octanol–water partition coefficient (Wildman–Crippen LogP) is 2.04. The number of benzene rings is 1. The van der Waals surface area contributed by atoms with Crippen molar-refractivity contribution in [1.29, 1.82) is 0 Å². The van der Waals surface area contributed by atoms with E-state index in [1.54, 1.807) is 6.07 Å². The molecule has 1 aliphatic heterocycles. The van der Waals surface area contributed by atoms with Crippen molar-refractivity contribution in [3.63, 3.8) is 0 Å². The zero-order valence-electron chi connectivity index (χ0n) is 13.9. The molecule has 1 aromatic carbocycles. The maximum atomic E-state index is 12.2. The Morgan fingerprint density at radius 1 is 1.21 bits per heavy atom. The molecule has 1 fully saturated rings. The summed E-state index contributed by atoms with van der Waals surface area (Å²) in [5.41, 5.74) is 2.17. The number of aromatic nitrogens is 1. The third-order valence-corrected chi connectivity index (χ3v) is 4.70. The van der Waals surface area contributed by atoms with E-state index in [0.717, 1.165) is 43.4 Å². The third kappa shape index (κ3) is 3.76. The van der Waals surface area contributed by atoms with E-state index in [1.807, 2.05) is 29.7 Å². The van der Waals surface area contributed by atoms with Gasteiger partial charge in [-0.15, -0.1) is 0 Å². The summed E-state index contributed by atoms with van der Waals surface area (Å²) in [4.78, 5) is 25.2. The lowest BCUT2D eigenvalue weighted by Crippen LogP contribution is -2.45. The molecule has 1 aliphatic rings. The largest absolute Gasteiger partial charge is 0.465 e. The monoisotopic (exact) mass is 329 g/mol. The molecule has 1 amide bonds. The van der Waals surface area contributed by atoms with Gasteiger partial charge in [-0.3, -0.25) is 4.79 Å². The lowest BCUT2D eigenvalue weighted by molar-refractivity contribution is 0.166. The van der Waals surface area contributed by atoms with Gasteiger partial charge in [0.25, 0.3) is 5.56 Å². The summed E-state index contributed by atoms with van der Waals surface area (Å²) < 4.78 is 1.83. The van der Waals surface area contributed by atoms with Crippen molar-refractivity contribution in [1.82, 2.24) is 14.8 Å². The molecule has 2 N–H and O–H groups in total. The highest BCUT2D eigenvalue weighted by Crippen LogP contribution is 2.15. The molecule has 1 aromatic heterocycles. The number of likely N-dealkylation sites (tertiary alicyclic amines) is 1. The Hall–Kier alpha value is -2.34. The number of pyridine rings is 1. The van der Waals surface area contributed by atoms with Crippen LogP contribution in [-0.2, 0) is 6.54 Å². The normalized spacial score (nSPS) is 16.4. The Morgan fingerprint density at radius 2 is 1.96 bits per heavy atom. The number of carboxylic acid groups (broad SMARTS) is 1. The number of fused-ring (bicyclic) bond motifs is 1. The van der Waals surface area contributed by atoms with Crippen molar-refractivity contribution < 1.29 is 9.90 Å². The van der Waals surface area contributed by atoms with Crippen molar-refractivity contribution in [2.24, 2.45) is 0 Å². The van der Waals surface area contributed by atoms with Gasteiger partial charge in [-0.05, 0) is 43.4 Å². The quantitative estimate of drug-likeness (QED) is 0.900. The Kier molecular flexibility index (Phi) is 4.85. The topological polar surface area (TPSA) is 74.6 Å². The molecule has 0 atom stereocenters. The molecule has 24 heavy (non-hydrogen) atoms. The molecule has 6 nitrogen and oxygen atoms in total. The third-order valence-electron chi connectivity index (χ3n) is 4.70. The molecule has 3 rings (SSSR count). The van der Waals surface area contributed by atoms with Gasteiger partial charge in [-0.25, -0.2) is 4.79 Å². The maximum Gasteiger partial charge on any atom is 0.404 e. The summed E-state index contributed by atoms with van der Waals surface area (Å²) >= 11 is 0. The van der Waals surface area contributed by atoms with E-state index in [4.69, 9.17) is 5.11 Å². The minimum atomic E-state index is -0.953. The van der Waals surface area contributed by atoms with E-state index >= 15 is 0 Å². The van der Waals surface area contributed by atoms with Gasteiger partial charge in [0.05, 0.1) is 5.52 Å². The maximum absolute atomic E-state index is 12.2. The van der Waals surface area contributed by atoms with Crippen LogP contribution >= 0.6 is 0 Å². The van der Waals surface area contributed by atoms with Crippen molar-refractivity contribution in [2.75, 3.05) is 19.6 Å². The fourth-order valence-electron chi connectivity index (χ4n) is 3.37. The standard InChI is InChI=1S/C18H23N3O3/c1-13-2-4-16-14(12-13)3-5-17(22)21(16)11-10-20-8-6-15(7-9-20)19-18(23)24/h2-5,12,15,19H,6-11H2,1H3,(H,23,24). The number of carbonyl (C=O) groups is 1. The zero-order valence-corrected chi connectivity index (χ0v) is 13.9. The number of hydrogen-bond donors (Lipinski definition) is 2. The molecule has 1 saturated heterocycles. The molecule has 6 heteroatoms. The van der Waals surface area contributed by atoms with E-state index in [-0.39, 0.29) is 11.6 Å². The Morgan fingerprint density at radius 3 is 2.67 bits per heavy atom. The highest BCUT2D eigenvalue weighted by Gasteiger charge is 2.20. The van der Waals surface area contributed by atoms with Crippen LogP contribution in [0.15, 0.2) is 35.1 Å². The highest BCUT2D eigenvalue weighted by molar-refractivity contribution is 5.79. The van der Waals surface area contributed by atoms with Gasteiger partial charge in [0.2, 0.25) is 0 Å². The first-order valence-corrected chi connectivity index (χ1v) is 8.35. The van der Waals surface area contributed by atoms with Gasteiger partial charge in [-0.1, -0.05) is 11.6 Å². The lowest BCUT2D eigenvalue weighted by atomic mass is 10.1. The minimum Gasteiger partial charge on any atom is -0.465 e. The second-order valence-electron chi connectivity index (χ2n) is 6.45. The summed E-state index contributed by atoms with van der Waals surface area (Å²) in [7, 11) is 0. The number of nitrogens with one attached hydrogen (secondary N) is 1. The van der Waals surface area contributed by atoms with Crippen LogP contribution in [0.2, 0.25) is 0 Å². The van der Waals surface area contributed by atoms with Crippen LogP contribution in [0.25, 0.3) is 10.9 Å². The smallest absolute Gasteiger partial charge is 0.404 e. The molecule has 2 aromatic rings. The van der Waals surface area contributed by atoms with E-state index in [9.17, 15) is 9.59 Å². The molecular weight excluding hydrogens is 306 g/mol. The Bertz CT molecular complexity index is 792. The fourth-order valence-corrected chi connectivity index (χ4v) is 3.37. The van der Waals surface area contributed by atoms with Crippen LogP contribution in [0.5, 0.6) is 0 Å². The summed E-state index contributed by atoms with van der Waals surface area (Å²) in [6.07, 6.45) is 0.678. The zero-order chi connectivity index (χ0) is 17.1. The molecule has 0 unspecified atom stereocenters. The van der Waals surface area contributed by atoms with Gasteiger partial charge in [0.15, 0.2) is 0 Å². The first kappa shape index (κ1) is 16.5. The second kappa shape index (κ2) is 7.05. The van der Waals surface area contributed by atoms with Crippen LogP contribution in [-0.4, -0.2) is 46.3 Å². The van der Waals surface area contributed by atoms with E-state index in [2.05, 4.69) is 16.3 Å². The molecule has 0 spiro atoms. The molecule has 128 valence electrons. The first-order valence-electron chi connectivity index (χ1n) is 8.35. The van der Waals surface area contributed by atoms with Gasteiger partial charge >= 0.3 is 6.09 Å². The van der Waals surface area contributed by atoms with Crippen molar-refractivity contribution >= 4 is 17.0 Å². The number of nitrogens with zero attached hydrogens (tertiary/aromatic N) is 2. The lowest BCUT2D eigenvalue weighted by Gasteiger charge is -2.31. The molecule has 0 radical (unpaired) electrons. The SMILES string of the molecule is Cc1ccc2c(ccc(=O)n2CCN2CCC(NC(=O)O)CC2)c1. The predicted molar refractivity (Wildman–Crippen MR) is 93.6 cm³/mol. The molecule has 0 aliphatic carbocycles. The summed E-state index contributed by atoms with van der Waals surface area (Å²) in [5.74, 6) is 0. The second-order valence-corrected chi connectivity index (χ2v) is 6.45. The van der Waals surface area contributed by atoms with E-state index in [0.29, 0.717) is 6.54 Å². The molecular formula is C18H23N3O3. The fraction of sp³-hybridized carbons (Fsp3) is 0.444. The van der Waals surface area contributed by atoms with Gasteiger partial charge < -0.3 is 19.9 Å². The average molecular weight is 329 g/mol. The van der Waals surface area contributed by atoms with Gasteiger partial charge in [-0.2, -0.15) is 0 Å². The average Bonchev–Trinajstić information content (AvgIpc) is 2.55. The number of aryl methyl sites for hydroxylation is 1. The summed E-state index contributed by atoms with van der Waals surface area (Å²) in [6, 6.07) is 9.68. The van der Waals surface area contributed by atoms with Crippen molar-refractivity contribution in [3.05, 3.63) is 46.2 Å². The van der Waals surface area contributed by atoms with Crippen LogP contribution in [0, 0.1) is 6.92 Å². The van der Waals surface area contributed by atoms with Crippen molar-refractivity contribution in [2.45, 2.75) is 32.4 Å². The number of amides is 1. The number of piperidine rings is 1. The minimum absolute atomic E-state index is 0.0220. The molecule has 2 heterocycles. The summed E-state index contributed by atoms with van der Waals surface area (Å²) in [6.45, 7) is 5.19. The number of hydrogen-bond acceptors (Lipinski definition) is 3. The van der Waals surface area contributed by atoms with Gasteiger partial charge in [0, 0.05) is 38.3 Å². The Balaban J connectivity index is 1.65. The van der Waals surface area contributed by atoms with Crippen LogP contribution < -0.4 is 10.9 Å². The van der Waals surface area contributed by atoms with E-state index < -0.39 is 6.09 Å². The van der Waals surface area contributed by atoms with E-state index in [1.165, 1.54) is 5.56 Å². The van der Waals surface area contributed by atoms with Crippen LogP contribution in [0.4, 0.5) is 4.79 Å². The highest BCUT2D eigenvalue weighted by atomic mass is 16.4. The number of rotatable bonds is 4. The van der Waals surface area contributed by atoms with Crippen molar-refractivity contribution in [3.8, 4) is 0 Å². The molecule has 0 bridgehead atoms. The molecule has 0 saturated carbocycles.